The first-order chi connectivity index (χ1) is 15.7. The lowest BCUT2D eigenvalue weighted by atomic mass is 10.0. The highest BCUT2D eigenvalue weighted by Crippen LogP contribution is 2.28. The molecule has 0 bridgehead atoms. The Morgan fingerprint density at radius 3 is 2.53 bits per heavy atom. The molecule has 6 nitrogen and oxygen atoms in total. The van der Waals surface area contributed by atoms with E-state index in [9.17, 15) is 4.79 Å². The van der Waals surface area contributed by atoms with Gasteiger partial charge < -0.3 is 21.3 Å². The maximum atomic E-state index is 13.0. The first-order valence-electron chi connectivity index (χ1n) is 10.8. The molecule has 1 aliphatic rings. The summed E-state index contributed by atoms with van der Waals surface area (Å²) in [6.07, 6.45) is 0. The highest BCUT2D eigenvalue weighted by atomic mass is 16.1. The first-order valence-corrected chi connectivity index (χ1v) is 10.8. The predicted molar refractivity (Wildman–Crippen MR) is 131 cm³/mol. The van der Waals surface area contributed by atoms with Gasteiger partial charge in [-0.05, 0) is 53.6 Å². The quantitative estimate of drug-likeness (QED) is 0.430. The van der Waals surface area contributed by atoms with E-state index in [1.807, 2.05) is 78.9 Å². The van der Waals surface area contributed by atoms with E-state index in [2.05, 4.69) is 15.5 Å². The van der Waals surface area contributed by atoms with Crippen LogP contribution in [0, 0.1) is 0 Å². The van der Waals surface area contributed by atoms with E-state index in [0.717, 1.165) is 54.0 Å². The Hall–Kier alpha value is -3.90. The number of aromatic nitrogens is 1. The first kappa shape index (κ1) is 20.0. The molecule has 1 aliphatic heterocycles. The van der Waals surface area contributed by atoms with Crippen LogP contribution in [0.15, 0.2) is 78.9 Å². The zero-order valence-electron chi connectivity index (χ0n) is 17.7. The van der Waals surface area contributed by atoms with Gasteiger partial charge in [0.05, 0.1) is 16.9 Å². The molecule has 1 aromatic heterocycles. The zero-order chi connectivity index (χ0) is 21.9. The molecule has 0 unspecified atom stereocenters. The smallest absolute Gasteiger partial charge is 0.255 e. The molecule has 4 aromatic rings. The third kappa shape index (κ3) is 4.13. The number of hydrogen-bond acceptors (Lipinski definition) is 5. The zero-order valence-corrected chi connectivity index (χ0v) is 17.7. The molecule has 0 spiro atoms. The number of anilines is 3. The molecule has 6 heteroatoms. The minimum Gasteiger partial charge on any atom is -0.397 e. The monoisotopic (exact) mass is 423 g/mol. The standard InChI is InChI=1S/C26H25N5O/c27-22-9-6-19(18-4-2-1-3-5-18)17-24(22)30-26(32)21-7-10-23-20(16-21)8-11-25(29-23)31-14-12-28-13-15-31/h1-11,16-17,28H,12-15,27H2,(H,30,32). The van der Waals surface area contributed by atoms with E-state index >= 15 is 0 Å². The summed E-state index contributed by atoms with van der Waals surface area (Å²) in [6.45, 7) is 3.83. The van der Waals surface area contributed by atoms with Gasteiger partial charge in [0.1, 0.15) is 5.82 Å². The van der Waals surface area contributed by atoms with Gasteiger partial charge in [0.2, 0.25) is 0 Å². The molecule has 0 saturated carbocycles. The van der Waals surface area contributed by atoms with Crippen molar-refractivity contribution in [3.05, 3.63) is 84.4 Å². The van der Waals surface area contributed by atoms with Crippen molar-refractivity contribution >= 4 is 34.0 Å². The van der Waals surface area contributed by atoms with Gasteiger partial charge in [0.15, 0.2) is 0 Å². The number of hydrogen-bond donors (Lipinski definition) is 3. The molecule has 0 aliphatic carbocycles. The van der Waals surface area contributed by atoms with Crippen molar-refractivity contribution in [1.29, 1.82) is 0 Å². The third-order valence-electron chi connectivity index (χ3n) is 5.79. The van der Waals surface area contributed by atoms with Crippen LogP contribution in [0.1, 0.15) is 10.4 Å². The van der Waals surface area contributed by atoms with Crippen LogP contribution in [0.5, 0.6) is 0 Å². The van der Waals surface area contributed by atoms with Crippen molar-refractivity contribution in [2.45, 2.75) is 0 Å². The Balaban J connectivity index is 1.38. The Labute approximate surface area is 187 Å². The molecule has 160 valence electrons. The second-order valence-electron chi connectivity index (χ2n) is 7.94. The van der Waals surface area contributed by atoms with E-state index in [4.69, 9.17) is 10.7 Å². The van der Waals surface area contributed by atoms with Crippen molar-refractivity contribution in [2.75, 3.05) is 42.1 Å². The molecule has 5 rings (SSSR count). The summed E-state index contributed by atoms with van der Waals surface area (Å²) in [5.74, 6) is 0.775. The summed E-state index contributed by atoms with van der Waals surface area (Å²) in [5, 5.41) is 7.25. The summed E-state index contributed by atoms with van der Waals surface area (Å²) in [4.78, 5) is 20.0. The average Bonchev–Trinajstić information content (AvgIpc) is 2.85. The maximum absolute atomic E-state index is 13.0. The van der Waals surface area contributed by atoms with E-state index in [1.54, 1.807) is 0 Å². The van der Waals surface area contributed by atoms with Gasteiger partial charge in [-0.1, -0.05) is 36.4 Å². The van der Waals surface area contributed by atoms with Crippen LogP contribution in [0.4, 0.5) is 17.2 Å². The SMILES string of the molecule is Nc1ccc(-c2ccccc2)cc1NC(=O)c1ccc2nc(N3CCNCC3)ccc2c1. The minimum absolute atomic E-state index is 0.199. The van der Waals surface area contributed by atoms with Gasteiger partial charge in [0.25, 0.3) is 5.91 Å². The average molecular weight is 424 g/mol. The highest BCUT2D eigenvalue weighted by molar-refractivity contribution is 6.07. The summed E-state index contributed by atoms with van der Waals surface area (Å²) in [5.41, 5.74) is 10.8. The minimum atomic E-state index is -0.199. The molecule has 1 saturated heterocycles. The van der Waals surface area contributed by atoms with E-state index in [0.29, 0.717) is 16.9 Å². The van der Waals surface area contributed by atoms with Crippen LogP contribution >= 0.6 is 0 Å². The number of nitrogens with one attached hydrogen (secondary N) is 2. The van der Waals surface area contributed by atoms with E-state index in [-0.39, 0.29) is 5.91 Å². The molecular formula is C26H25N5O. The predicted octanol–water partition coefficient (Wildman–Crippen LogP) is 4.15. The topological polar surface area (TPSA) is 83.3 Å². The van der Waals surface area contributed by atoms with Gasteiger partial charge in [-0.2, -0.15) is 0 Å². The van der Waals surface area contributed by atoms with Crippen molar-refractivity contribution in [1.82, 2.24) is 10.3 Å². The summed E-state index contributed by atoms with van der Waals surface area (Å²) in [7, 11) is 0. The fourth-order valence-corrected chi connectivity index (χ4v) is 4.00. The Morgan fingerprint density at radius 2 is 1.72 bits per heavy atom. The number of carbonyl (C=O) groups excluding carboxylic acids is 1. The number of benzene rings is 3. The Kier molecular flexibility index (Phi) is 5.44. The number of rotatable bonds is 4. The van der Waals surface area contributed by atoms with Crippen molar-refractivity contribution in [2.24, 2.45) is 0 Å². The third-order valence-corrected chi connectivity index (χ3v) is 5.79. The summed E-state index contributed by atoms with van der Waals surface area (Å²) >= 11 is 0. The molecular weight excluding hydrogens is 398 g/mol. The van der Waals surface area contributed by atoms with Crippen molar-refractivity contribution < 1.29 is 4.79 Å². The number of nitrogen functional groups attached to an aromatic ring is 1. The number of pyridine rings is 1. The van der Waals surface area contributed by atoms with Crippen LogP contribution in [0.3, 0.4) is 0 Å². The second-order valence-corrected chi connectivity index (χ2v) is 7.94. The molecule has 0 radical (unpaired) electrons. The van der Waals surface area contributed by atoms with E-state index < -0.39 is 0 Å². The Morgan fingerprint density at radius 1 is 0.906 bits per heavy atom. The molecule has 2 heterocycles. The maximum Gasteiger partial charge on any atom is 0.255 e. The number of carbonyl (C=O) groups is 1. The molecule has 0 atom stereocenters. The second kappa shape index (κ2) is 8.69. The van der Waals surface area contributed by atoms with Crippen LogP contribution in [-0.2, 0) is 0 Å². The highest BCUT2D eigenvalue weighted by Gasteiger charge is 2.14. The fourth-order valence-electron chi connectivity index (χ4n) is 4.00. The lowest BCUT2D eigenvalue weighted by molar-refractivity contribution is 0.102. The number of nitrogens with zero attached hydrogens (tertiary/aromatic N) is 2. The van der Waals surface area contributed by atoms with Crippen LogP contribution in [0.2, 0.25) is 0 Å². The summed E-state index contributed by atoms with van der Waals surface area (Å²) in [6, 6.07) is 25.3. The van der Waals surface area contributed by atoms with Gasteiger partial charge in [-0.3, -0.25) is 4.79 Å². The van der Waals surface area contributed by atoms with Gasteiger partial charge in [-0.15, -0.1) is 0 Å². The number of fused-ring (bicyclic) bond motifs is 1. The molecule has 3 aromatic carbocycles. The number of amides is 1. The van der Waals surface area contributed by atoms with Gasteiger partial charge in [-0.25, -0.2) is 4.98 Å². The number of piperazine rings is 1. The molecule has 4 N–H and O–H groups in total. The lowest BCUT2D eigenvalue weighted by Gasteiger charge is -2.28. The fraction of sp³-hybridized carbons (Fsp3) is 0.154. The molecule has 1 amide bonds. The lowest BCUT2D eigenvalue weighted by Crippen LogP contribution is -2.43. The van der Waals surface area contributed by atoms with Crippen LogP contribution < -0.4 is 21.3 Å². The van der Waals surface area contributed by atoms with Crippen molar-refractivity contribution in [3.8, 4) is 11.1 Å². The van der Waals surface area contributed by atoms with Crippen LogP contribution in [0.25, 0.3) is 22.0 Å². The number of nitrogens with two attached hydrogens (primary N) is 1. The van der Waals surface area contributed by atoms with Gasteiger partial charge >= 0.3 is 0 Å². The van der Waals surface area contributed by atoms with Gasteiger partial charge in [0, 0.05) is 37.1 Å². The molecule has 32 heavy (non-hydrogen) atoms. The summed E-state index contributed by atoms with van der Waals surface area (Å²) < 4.78 is 0. The molecule has 1 fully saturated rings. The van der Waals surface area contributed by atoms with Crippen molar-refractivity contribution in [3.63, 3.8) is 0 Å². The normalized spacial score (nSPS) is 13.8. The largest absolute Gasteiger partial charge is 0.397 e. The Bertz CT molecular complexity index is 1270. The van der Waals surface area contributed by atoms with E-state index in [1.165, 1.54) is 0 Å². The van der Waals surface area contributed by atoms with Crippen LogP contribution in [-0.4, -0.2) is 37.1 Å².